The third-order valence-electron chi connectivity index (χ3n) is 8.72. The molecule has 0 saturated heterocycles. The maximum atomic E-state index is 11.5. The van der Waals surface area contributed by atoms with Gasteiger partial charge in [0.05, 0.1) is 19.6 Å². The van der Waals surface area contributed by atoms with Crippen LogP contribution >= 0.6 is 11.6 Å². The second-order valence-electron chi connectivity index (χ2n) is 11.4. The number of fused-ring (bicyclic) bond motifs is 1. The van der Waals surface area contributed by atoms with Gasteiger partial charge in [-0.15, -0.1) is 0 Å². The number of hydrogen-bond acceptors (Lipinski definition) is 6. The topological polar surface area (TPSA) is 104 Å². The van der Waals surface area contributed by atoms with Crippen molar-refractivity contribution in [2.45, 2.75) is 64.6 Å². The maximum absolute atomic E-state index is 11.5. The number of aromatic nitrogens is 1. The molecule has 0 amide bonds. The molecule has 9 heteroatoms. The molecule has 220 valence electrons. The van der Waals surface area contributed by atoms with E-state index in [-0.39, 0.29) is 36.9 Å². The molecule has 41 heavy (non-hydrogen) atoms. The highest BCUT2D eigenvalue weighted by Crippen LogP contribution is 2.41. The fourth-order valence-corrected chi connectivity index (χ4v) is 6.60. The van der Waals surface area contributed by atoms with Crippen molar-refractivity contribution in [2.24, 2.45) is 11.8 Å². The number of nitrogens with zero attached hydrogens (tertiary/aromatic N) is 2. The summed E-state index contributed by atoms with van der Waals surface area (Å²) >= 11 is 6.46. The number of methoxy groups -OCH3 is 1. The van der Waals surface area contributed by atoms with Gasteiger partial charge in [0.2, 0.25) is 0 Å². The highest BCUT2D eigenvalue weighted by Gasteiger charge is 2.33. The lowest BCUT2D eigenvalue weighted by Gasteiger charge is -2.35. The van der Waals surface area contributed by atoms with Crippen molar-refractivity contribution in [3.8, 4) is 23.3 Å². The number of carboxylic acid groups (broad SMARTS) is 1. The van der Waals surface area contributed by atoms with Crippen LogP contribution in [0.25, 0.3) is 0 Å². The van der Waals surface area contributed by atoms with E-state index in [2.05, 4.69) is 30.0 Å². The number of hydrogen-bond donors (Lipinski definition) is 3. The highest BCUT2D eigenvalue weighted by atomic mass is 35.5. The molecule has 1 atom stereocenters. The fourth-order valence-electron chi connectivity index (χ4n) is 6.41. The van der Waals surface area contributed by atoms with Gasteiger partial charge >= 0.3 is 5.97 Å². The van der Waals surface area contributed by atoms with Crippen LogP contribution in [0.3, 0.4) is 0 Å². The van der Waals surface area contributed by atoms with Crippen molar-refractivity contribution in [2.75, 3.05) is 20.3 Å². The molecule has 1 aromatic heterocycles. The molecule has 3 aromatic rings. The lowest BCUT2D eigenvalue weighted by molar-refractivity contribution is -0.143. The minimum atomic E-state index is -0.672. The lowest BCUT2D eigenvalue weighted by Crippen LogP contribution is -2.34. The normalized spacial score (nSPS) is 20.2. The number of rotatable bonds is 11. The molecule has 1 heterocycles. The minimum absolute atomic E-state index is 0.0177. The summed E-state index contributed by atoms with van der Waals surface area (Å²) in [6.07, 6.45) is 5.34. The predicted octanol–water partition coefficient (Wildman–Crippen LogP) is 6.33. The quantitative estimate of drug-likeness (QED) is 0.243. The molecule has 1 saturated carbocycles. The van der Waals surface area contributed by atoms with E-state index in [0.717, 1.165) is 67.8 Å². The Morgan fingerprint density at radius 3 is 2.44 bits per heavy atom. The van der Waals surface area contributed by atoms with Gasteiger partial charge in [-0.2, -0.15) is 0 Å². The van der Waals surface area contributed by atoms with E-state index in [1.807, 2.05) is 12.1 Å². The van der Waals surface area contributed by atoms with E-state index < -0.39 is 5.97 Å². The van der Waals surface area contributed by atoms with Crippen molar-refractivity contribution < 1.29 is 29.6 Å². The largest absolute Gasteiger partial charge is 0.494 e. The number of aliphatic carboxylic acids is 1. The fraction of sp³-hybridized carbons (Fsp3) is 0.469. The van der Waals surface area contributed by atoms with Gasteiger partial charge in [0, 0.05) is 36.3 Å². The van der Waals surface area contributed by atoms with E-state index in [4.69, 9.17) is 21.1 Å². The van der Waals surface area contributed by atoms with Gasteiger partial charge in [0.15, 0.2) is 23.3 Å². The lowest BCUT2D eigenvalue weighted by atomic mass is 9.81. The zero-order valence-electron chi connectivity index (χ0n) is 23.7. The number of benzene rings is 2. The van der Waals surface area contributed by atoms with Gasteiger partial charge in [-0.05, 0) is 91.8 Å². The van der Waals surface area contributed by atoms with Crippen molar-refractivity contribution in [3.05, 3.63) is 69.7 Å². The summed E-state index contributed by atoms with van der Waals surface area (Å²) in [5.74, 6) is 0.741. The number of aryl methyl sites for hydroxylation is 2. The summed E-state index contributed by atoms with van der Waals surface area (Å²) in [7, 11) is 1.62. The molecule has 2 aromatic carbocycles. The molecular weight excluding hydrogens is 544 g/mol. The van der Waals surface area contributed by atoms with E-state index in [1.54, 1.807) is 7.11 Å². The maximum Gasteiger partial charge on any atom is 0.306 e. The predicted molar refractivity (Wildman–Crippen MR) is 157 cm³/mol. The molecule has 0 bridgehead atoms. The molecule has 1 fully saturated rings. The first-order valence-corrected chi connectivity index (χ1v) is 14.7. The van der Waals surface area contributed by atoms with Gasteiger partial charge in [-0.25, -0.2) is 0 Å². The van der Waals surface area contributed by atoms with Crippen molar-refractivity contribution in [1.82, 2.24) is 9.47 Å². The van der Waals surface area contributed by atoms with Crippen LogP contribution in [0.2, 0.25) is 5.02 Å². The second-order valence-corrected chi connectivity index (χ2v) is 11.8. The zero-order chi connectivity index (χ0) is 29.1. The Morgan fingerprint density at radius 1 is 1.02 bits per heavy atom. The van der Waals surface area contributed by atoms with Crippen LogP contribution in [0.15, 0.2) is 42.5 Å². The van der Waals surface area contributed by atoms with Gasteiger partial charge in [-0.3, -0.25) is 14.3 Å². The summed E-state index contributed by atoms with van der Waals surface area (Å²) in [6.45, 7) is 4.22. The monoisotopic (exact) mass is 582 g/mol. The Morgan fingerprint density at radius 2 is 1.76 bits per heavy atom. The van der Waals surface area contributed by atoms with Crippen LogP contribution in [0.1, 0.15) is 60.4 Å². The first kappa shape index (κ1) is 29.1. The Bertz CT molecular complexity index is 1360. The van der Waals surface area contributed by atoms with E-state index in [0.29, 0.717) is 17.4 Å². The Hall–Kier alpha value is -3.36. The molecule has 2 aliphatic carbocycles. The average Bonchev–Trinajstić information content (AvgIpc) is 3.51. The molecule has 5 rings (SSSR count). The van der Waals surface area contributed by atoms with Gasteiger partial charge < -0.3 is 24.8 Å². The van der Waals surface area contributed by atoms with Crippen LogP contribution in [0, 0.1) is 18.8 Å². The van der Waals surface area contributed by atoms with Crippen LogP contribution in [-0.4, -0.2) is 51.0 Å². The van der Waals surface area contributed by atoms with E-state index in [1.165, 1.54) is 27.8 Å². The second kappa shape index (κ2) is 12.7. The summed E-state index contributed by atoms with van der Waals surface area (Å²) < 4.78 is 13.0. The summed E-state index contributed by atoms with van der Waals surface area (Å²) in [4.78, 5) is 14.1. The van der Waals surface area contributed by atoms with Gasteiger partial charge in [-0.1, -0.05) is 23.7 Å². The average molecular weight is 583 g/mol. The SMILES string of the molecule is COc1cc(CN(CC2CCC(C(=O)O)CC2)C2CCc3cc(Cl)c(C)cc32)ccc1OCCn1c(O)ccc1O. The summed E-state index contributed by atoms with van der Waals surface area (Å²) in [5, 5.41) is 30.0. The number of carboxylic acids is 1. The Balaban J connectivity index is 1.32. The third-order valence-corrected chi connectivity index (χ3v) is 9.12. The zero-order valence-corrected chi connectivity index (χ0v) is 24.4. The van der Waals surface area contributed by atoms with Gasteiger partial charge in [0.1, 0.15) is 6.61 Å². The van der Waals surface area contributed by atoms with Crippen molar-refractivity contribution >= 4 is 17.6 Å². The molecule has 0 spiro atoms. The van der Waals surface area contributed by atoms with Crippen molar-refractivity contribution in [3.63, 3.8) is 0 Å². The number of aromatic hydroxyl groups is 2. The van der Waals surface area contributed by atoms with Crippen LogP contribution < -0.4 is 9.47 Å². The summed E-state index contributed by atoms with van der Waals surface area (Å²) in [5.41, 5.74) is 4.85. The first-order valence-electron chi connectivity index (χ1n) is 14.4. The molecule has 1 unspecified atom stereocenters. The highest BCUT2D eigenvalue weighted by molar-refractivity contribution is 6.31. The van der Waals surface area contributed by atoms with Crippen LogP contribution in [0.5, 0.6) is 23.3 Å². The molecule has 8 nitrogen and oxygen atoms in total. The molecule has 3 N–H and O–H groups in total. The number of carbonyl (C=O) groups is 1. The molecule has 2 aliphatic rings. The van der Waals surface area contributed by atoms with E-state index in [9.17, 15) is 20.1 Å². The first-order chi connectivity index (χ1) is 19.7. The summed E-state index contributed by atoms with van der Waals surface area (Å²) in [6, 6.07) is 13.5. The molecule has 0 radical (unpaired) electrons. The van der Waals surface area contributed by atoms with Crippen molar-refractivity contribution in [1.29, 1.82) is 0 Å². The van der Waals surface area contributed by atoms with E-state index >= 15 is 0 Å². The minimum Gasteiger partial charge on any atom is -0.494 e. The van der Waals surface area contributed by atoms with Crippen LogP contribution in [0.4, 0.5) is 0 Å². The Kier molecular flexibility index (Phi) is 9.00. The standard InChI is InChI=1S/C32H39ClN2O6/c1-20-15-25-24(17-26(20)33)8-9-27(25)34(18-21-3-6-23(7-4-21)32(38)39)19-22-5-10-28(29(16-22)40-2)41-14-13-35-30(36)11-12-31(35)37/h5,10-12,15-17,21,23,27,36-37H,3-4,6-9,13-14,18-19H2,1-2H3,(H,38,39). The Labute approximate surface area is 246 Å². The number of ether oxygens (including phenoxy) is 2. The molecule has 0 aliphatic heterocycles. The molecular formula is C32H39ClN2O6. The smallest absolute Gasteiger partial charge is 0.306 e. The number of halogens is 1. The van der Waals surface area contributed by atoms with Gasteiger partial charge in [0.25, 0.3) is 0 Å². The third kappa shape index (κ3) is 6.60. The van der Waals surface area contributed by atoms with Crippen LogP contribution in [-0.2, 0) is 24.3 Å².